The minimum Gasteiger partial charge on any atom is -0.383 e. The Morgan fingerprint density at radius 2 is 2.29 bits per heavy atom. The summed E-state index contributed by atoms with van der Waals surface area (Å²) in [4.78, 5) is 2.52. The first-order chi connectivity index (χ1) is 10.2. The number of nitrogens with zero attached hydrogens (tertiary/aromatic N) is 1. The molecule has 21 heavy (non-hydrogen) atoms. The number of ether oxygens (including phenoxy) is 1. The summed E-state index contributed by atoms with van der Waals surface area (Å²) in [7, 11) is 1.73. The molecular formula is C17H27BrN2O. The van der Waals surface area contributed by atoms with Crippen molar-refractivity contribution in [2.24, 2.45) is 5.92 Å². The van der Waals surface area contributed by atoms with E-state index in [4.69, 9.17) is 4.74 Å². The van der Waals surface area contributed by atoms with E-state index in [9.17, 15) is 0 Å². The molecule has 1 aromatic rings. The van der Waals surface area contributed by atoms with Crippen LogP contribution in [0.15, 0.2) is 22.7 Å². The van der Waals surface area contributed by atoms with Crippen LogP contribution in [0, 0.1) is 5.92 Å². The van der Waals surface area contributed by atoms with Gasteiger partial charge in [0.25, 0.3) is 0 Å². The maximum atomic E-state index is 5.04. The first-order valence-corrected chi connectivity index (χ1v) is 8.77. The zero-order chi connectivity index (χ0) is 15.1. The van der Waals surface area contributed by atoms with E-state index in [1.807, 2.05) is 0 Å². The number of halogens is 1. The second-order valence-corrected chi connectivity index (χ2v) is 6.70. The van der Waals surface area contributed by atoms with Crippen LogP contribution in [-0.4, -0.2) is 33.4 Å². The fourth-order valence-electron chi connectivity index (χ4n) is 3.02. The van der Waals surface area contributed by atoms with Gasteiger partial charge in [0.05, 0.1) is 12.3 Å². The maximum Gasteiger partial charge on any atom is 0.0587 e. The summed E-state index contributed by atoms with van der Waals surface area (Å²) in [6.07, 6.45) is 3.99. The van der Waals surface area contributed by atoms with Crippen molar-refractivity contribution in [3.05, 3.63) is 28.2 Å². The second-order valence-electron chi connectivity index (χ2n) is 5.84. The number of hydrogen-bond acceptors (Lipinski definition) is 3. The van der Waals surface area contributed by atoms with Crippen LogP contribution in [0.3, 0.4) is 0 Å². The van der Waals surface area contributed by atoms with E-state index in [0.29, 0.717) is 0 Å². The van der Waals surface area contributed by atoms with Crippen LogP contribution in [0.1, 0.15) is 31.7 Å². The van der Waals surface area contributed by atoms with Gasteiger partial charge in [-0.1, -0.05) is 19.4 Å². The Bertz CT molecular complexity index is 439. The molecule has 3 nitrogen and oxygen atoms in total. The second kappa shape index (κ2) is 8.76. The molecule has 0 aromatic heterocycles. The number of nitrogens with one attached hydrogen (secondary N) is 1. The Morgan fingerprint density at radius 3 is 3.00 bits per heavy atom. The first kappa shape index (κ1) is 16.8. The molecule has 1 aliphatic heterocycles. The zero-order valence-corrected chi connectivity index (χ0v) is 14.8. The van der Waals surface area contributed by atoms with Crippen molar-refractivity contribution in [2.45, 2.75) is 32.7 Å². The first-order valence-electron chi connectivity index (χ1n) is 7.97. The van der Waals surface area contributed by atoms with Gasteiger partial charge >= 0.3 is 0 Å². The molecule has 0 spiro atoms. The predicted molar refractivity (Wildman–Crippen MR) is 93.0 cm³/mol. The summed E-state index contributed by atoms with van der Waals surface area (Å²) in [5, 5.41) is 3.38. The van der Waals surface area contributed by atoms with Crippen LogP contribution in [0.25, 0.3) is 0 Å². The van der Waals surface area contributed by atoms with Gasteiger partial charge in [-0.15, -0.1) is 0 Å². The lowest BCUT2D eigenvalue weighted by Gasteiger charge is -2.21. The smallest absolute Gasteiger partial charge is 0.0587 e. The fourth-order valence-corrected chi connectivity index (χ4v) is 3.70. The van der Waals surface area contributed by atoms with Crippen LogP contribution in [0.2, 0.25) is 0 Å². The molecule has 2 rings (SSSR count). The highest BCUT2D eigenvalue weighted by Gasteiger charge is 2.23. The highest BCUT2D eigenvalue weighted by atomic mass is 79.9. The molecule has 0 saturated carbocycles. The number of methoxy groups -OCH3 is 1. The standard InChI is InChI=1S/C17H27BrN2O/c1-3-4-14-7-9-20(13-14)17-6-5-15(11-16(17)18)12-19-8-10-21-2/h5-6,11,14,19H,3-4,7-10,12-13H2,1-2H3. The summed E-state index contributed by atoms with van der Waals surface area (Å²) < 4.78 is 6.26. The number of benzene rings is 1. The molecule has 0 amide bonds. The number of rotatable bonds is 8. The average molecular weight is 355 g/mol. The quantitative estimate of drug-likeness (QED) is 0.718. The topological polar surface area (TPSA) is 24.5 Å². The van der Waals surface area contributed by atoms with Crippen molar-refractivity contribution in [1.82, 2.24) is 5.32 Å². The molecular weight excluding hydrogens is 328 g/mol. The van der Waals surface area contributed by atoms with E-state index in [1.54, 1.807) is 7.11 Å². The minimum absolute atomic E-state index is 0.756. The van der Waals surface area contributed by atoms with Gasteiger partial charge in [0.2, 0.25) is 0 Å². The Labute approximate surface area is 137 Å². The molecule has 1 fully saturated rings. The minimum atomic E-state index is 0.756. The highest BCUT2D eigenvalue weighted by molar-refractivity contribution is 9.10. The average Bonchev–Trinajstić information content (AvgIpc) is 2.92. The lowest BCUT2D eigenvalue weighted by atomic mass is 10.0. The Balaban J connectivity index is 1.90. The van der Waals surface area contributed by atoms with Crippen molar-refractivity contribution in [1.29, 1.82) is 0 Å². The van der Waals surface area contributed by atoms with E-state index in [2.05, 4.69) is 51.3 Å². The molecule has 0 bridgehead atoms. The molecule has 1 unspecified atom stereocenters. The maximum absolute atomic E-state index is 5.04. The highest BCUT2D eigenvalue weighted by Crippen LogP contribution is 2.32. The van der Waals surface area contributed by atoms with Gasteiger partial charge in [-0.3, -0.25) is 0 Å². The van der Waals surface area contributed by atoms with Gasteiger partial charge in [-0.05, 0) is 52.4 Å². The van der Waals surface area contributed by atoms with Crippen LogP contribution in [0.4, 0.5) is 5.69 Å². The van der Waals surface area contributed by atoms with Crippen molar-refractivity contribution < 1.29 is 4.74 Å². The Morgan fingerprint density at radius 1 is 1.43 bits per heavy atom. The van der Waals surface area contributed by atoms with Gasteiger partial charge < -0.3 is 15.0 Å². The summed E-state index contributed by atoms with van der Waals surface area (Å²) in [5.74, 6) is 0.872. The molecule has 118 valence electrons. The van der Waals surface area contributed by atoms with Crippen LogP contribution in [0.5, 0.6) is 0 Å². The summed E-state index contributed by atoms with van der Waals surface area (Å²) >= 11 is 3.74. The van der Waals surface area contributed by atoms with Crippen molar-refractivity contribution >= 4 is 21.6 Å². The fraction of sp³-hybridized carbons (Fsp3) is 0.647. The monoisotopic (exact) mass is 354 g/mol. The Hall–Kier alpha value is -0.580. The molecule has 1 saturated heterocycles. The van der Waals surface area contributed by atoms with E-state index < -0.39 is 0 Å². The van der Waals surface area contributed by atoms with Gasteiger partial charge in [-0.25, -0.2) is 0 Å². The van der Waals surface area contributed by atoms with Crippen molar-refractivity contribution in [3.8, 4) is 0 Å². The SMILES string of the molecule is CCCC1CCN(c2ccc(CNCCOC)cc2Br)C1. The van der Waals surface area contributed by atoms with Gasteiger partial charge in [0, 0.05) is 37.8 Å². The largest absolute Gasteiger partial charge is 0.383 e. The molecule has 4 heteroatoms. The number of hydrogen-bond donors (Lipinski definition) is 1. The van der Waals surface area contributed by atoms with E-state index in [0.717, 1.165) is 25.6 Å². The van der Waals surface area contributed by atoms with Crippen LogP contribution >= 0.6 is 15.9 Å². The zero-order valence-electron chi connectivity index (χ0n) is 13.2. The third-order valence-corrected chi connectivity index (χ3v) is 4.78. The summed E-state index contributed by atoms with van der Waals surface area (Å²) in [5.41, 5.74) is 2.65. The van der Waals surface area contributed by atoms with E-state index in [-0.39, 0.29) is 0 Å². The lowest BCUT2D eigenvalue weighted by Crippen LogP contribution is -2.21. The molecule has 1 atom stereocenters. The van der Waals surface area contributed by atoms with Crippen molar-refractivity contribution in [3.63, 3.8) is 0 Å². The van der Waals surface area contributed by atoms with E-state index in [1.165, 1.54) is 48.1 Å². The summed E-state index contributed by atoms with van der Waals surface area (Å²) in [6.45, 7) is 7.21. The van der Waals surface area contributed by atoms with Crippen LogP contribution < -0.4 is 10.2 Å². The third-order valence-electron chi connectivity index (χ3n) is 4.15. The molecule has 1 aliphatic rings. The van der Waals surface area contributed by atoms with Crippen LogP contribution in [-0.2, 0) is 11.3 Å². The van der Waals surface area contributed by atoms with E-state index >= 15 is 0 Å². The molecule has 1 N–H and O–H groups in total. The molecule has 0 radical (unpaired) electrons. The number of anilines is 1. The van der Waals surface area contributed by atoms with Gasteiger partial charge in [-0.2, -0.15) is 0 Å². The van der Waals surface area contributed by atoms with Crippen molar-refractivity contribution in [2.75, 3.05) is 38.3 Å². The molecule has 0 aliphatic carbocycles. The Kier molecular flexibility index (Phi) is 7.00. The predicted octanol–water partition coefficient (Wildman–Crippen LogP) is 3.81. The third kappa shape index (κ3) is 4.97. The normalized spacial score (nSPS) is 18.4. The molecule has 1 heterocycles. The molecule has 1 aromatic carbocycles. The summed E-state index contributed by atoms with van der Waals surface area (Å²) in [6, 6.07) is 6.72. The van der Waals surface area contributed by atoms with Gasteiger partial charge in [0.15, 0.2) is 0 Å². The van der Waals surface area contributed by atoms with Gasteiger partial charge in [0.1, 0.15) is 0 Å². The lowest BCUT2D eigenvalue weighted by molar-refractivity contribution is 0.199.